The van der Waals surface area contributed by atoms with Crippen LogP contribution in [0, 0.1) is 34.6 Å². The lowest BCUT2D eigenvalue weighted by Crippen LogP contribution is -2.18. The third kappa shape index (κ3) is 21.3. The molecule has 5 rings (SSSR count). The van der Waals surface area contributed by atoms with Gasteiger partial charge in [-0.3, -0.25) is 9.59 Å². The number of benzene rings is 5. The minimum absolute atomic E-state index is 0. The van der Waals surface area contributed by atoms with Gasteiger partial charge in [-0.15, -0.1) is 0 Å². The van der Waals surface area contributed by atoms with Crippen molar-refractivity contribution in [1.82, 2.24) is 20.1 Å². The maximum atomic E-state index is 11.2. The fourth-order valence-electron chi connectivity index (χ4n) is 4.19. The molecule has 0 aliphatic heterocycles. The van der Waals surface area contributed by atoms with Crippen molar-refractivity contribution in [3.63, 3.8) is 0 Å². The quantitative estimate of drug-likeness (QED) is 0.128. The molecule has 0 unspecified atom stereocenters. The molecule has 58 heavy (non-hydrogen) atoms. The summed E-state index contributed by atoms with van der Waals surface area (Å²) in [6, 6.07) is 36.4. The highest BCUT2D eigenvalue weighted by Crippen LogP contribution is 2.11. The predicted octanol–water partition coefficient (Wildman–Crippen LogP) is 8.43. The van der Waals surface area contributed by atoms with E-state index >= 15 is 0 Å². The Morgan fingerprint density at radius 3 is 1.22 bits per heavy atom. The first-order valence-electron chi connectivity index (χ1n) is 17.1. The van der Waals surface area contributed by atoms with E-state index in [0.29, 0.717) is 20.9 Å². The van der Waals surface area contributed by atoms with Crippen molar-refractivity contribution in [2.75, 3.05) is 35.3 Å². The standard InChI is InChI=1S/2C9H11NO.2C8H11NO2S.C8H10O.3CH4/c1-7-3-5-8(6-4-7)9(11)10-2;1-7-4-3-5-8(6-7)9(11)10-2;1-7-3-5-8(6-4-7)12(10,11)9-2;1-7-4-3-5-8(6-7)12(10,11)9-2;1-7-3-5-8(9-2)6-4-7;;;/h2*3-6H,1-2H3,(H,10,11);2*3-6,9H,1-2H3;3-6H,1-2H3;3*1H4. The Morgan fingerprint density at radius 2 is 0.828 bits per heavy atom. The molecule has 4 N–H and O–H groups in total. The molecule has 5 aromatic rings. The number of methoxy groups -OCH3 is 1. The van der Waals surface area contributed by atoms with Crippen LogP contribution in [0.2, 0.25) is 0 Å². The zero-order chi connectivity index (χ0) is 41.6. The van der Waals surface area contributed by atoms with Crippen LogP contribution in [0.4, 0.5) is 0 Å². The minimum atomic E-state index is -3.27. The Labute approximate surface area is 349 Å². The van der Waals surface area contributed by atoms with E-state index in [1.54, 1.807) is 69.7 Å². The summed E-state index contributed by atoms with van der Waals surface area (Å²) in [5, 5.41) is 5.13. The first-order chi connectivity index (χ1) is 25.9. The number of carbonyl (C=O) groups excluding carboxylic acids is 2. The number of amides is 2. The van der Waals surface area contributed by atoms with Crippen LogP contribution in [0.25, 0.3) is 0 Å². The lowest BCUT2D eigenvalue weighted by atomic mass is 10.1. The van der Waals surface area contributed by atoms with E-state index in [2.05, 4.69) is 27.0 Å². The number of aryl methyl sites for hydroxylation is 5. The third-order valence-electron chi connectivity index (χ3n) is 7.47. The van der Waals surface area contributed by atoms with Gasteiger partial charge in [0, 0.05) is 25.2 Å². The number of nitrogens with one attached hydrogen (secondary N) is 4. The molecular weight excluding hydrogens is 773 g/mol. The zero-order valence-electron chi connectivity index (χ0n) is 33.2. The first-order valence-corrected chi connectivity index (χ1v) is 20.1. The molecule has 0 aromatic heterocycles. The van der Waals surface area contributed by atoms with Crippen LogP contribution in [0.5, 0.6) is 5.75 Å². The molecule has 320 valence electrons. The summed E-state index contributed by atoms with van der Waals surface area (Å²) in [6.07, 6.45) is 0. The maximum Gasteiger partial charge on any atom is 0.251 e. The van der Waals surface area contributed by atoms with Gasteiger partial charge in [0.2, 0.25) is 20.0 Å². The van der Waals surface area contributed by atoms with Crippen LogP contribution < -0.4 is 24.8 Å². The highest BCUT2D eigenvalue weighted by molar-refractivity contribution is 7.89. The summed E-state index contributed by atoms with van der Waals surface area (Å²) in [6.45, 7) is 9.78. The Morgan fingerprint density at radius 1 is 0.448 bits per heavy atom. The van der Waals surface area contributed by atoms with Crippen LogP contribution in [0.15, 0.2) is 131 Å². The average molecular weight is 839 g/mol. The molecule has 11 nitrogen and oxygen atoms in total. The molecular formula is C45H66N4O7S2. The van der Waals surface area contributed by atoms with Crippen molar-refractivity contribution in [2.45, 2.75) is 66.7 Å². The molecule has 13 heteroatoms. The number of rotatable bonds is 7. The molecule has 0 aliphatic carbocycles. The summed E-state index contributed by atoms with van der Waals surface area (Å²) >= 11 is 0. The SMILES string of the molecule is C.C.C.CNC(=O)c1ccc(C)cc1.CNC(=O)c1cccc(C)c1.CNS(=O)(=O)c1ccc(C)cc1.CNS(=O)(=O)c1cccc(C)c1.COc1ccc(C)cc1. The van der Waals surface area contributed by atoms with Crippen molar-refractivity contribution in [2.24, 2.45) is 0 Å². The van der Waals surface area contributed by atoms with E-state index in [-0.39, 0.29) is 34.1 Å². The van der Waals surface area contributed by atoms with Crippen molar-refractivity contribution in [3.8, 4) is 5.75 Å². The summed E-state index contributed by atoms with van der Waals surface area (Å²) in [4.78, 5) is 22.7. The van der Waals surface area contributed by atoms with Crippen LogP contribution in [0.3, 0.4) is 0 Å². The number of sulfonamides is 2. The van der Waals surface area contributed by atoms with Gasteiger partial charge in [0.1, 0.15) is 5.75 Å². The van der Waals surface area contributed by atoms with Gasteiger partial charge in [-0.05, 0) is 115 Å². The van der Waals surface area contributed by atoms with E-state index in [1.165, 1.54) is 19.7 Å². The lowest BCUT2D eigenvalue weighted by Gasteiger charge is -2.01. The zero-order valence-corrected chi connectivity index (χ0v) is 34.9. The fraction of sp³-hybridized carbons (Fsp3) is 0.289. The second-order valence-electron chi connectivity index (χ2n) is 12.0. The minimum Gasteiger partial charge on any atom is -0.497 e. The summed E-state index contributed by atoms with van der Waals surface area (Å²) in [5.74, 6) is 0.847. The normalized spacial score (nSPS) is 9.69. The third-order valence-corrected chi connectivity index (χ3v) is 10.3. The van der Waals surface area contributed by atoms with Gasteiger partial charge in [-0.1, -0.05) is 105 Å². The van der Waals surface area contributed by atoms with Gasteiger partial charge < -0.3 is 15.4 Å². The van der Waals surface area contributed by atoms with E-state index in [0.717, 1.165) is 28.0 Å². The Kier molecular flexibility index (Phi) is 28.5. The van der Waals surface area contributed by atoms with Crippen molar-refractivity contribution >= 4 is 31.9 Å². The van der Waals surface area contributed by atoms with Gasteiger partial charge in [0.05, 0.1) is 16.9 Å². The second kappa shape index (κ2) is 29.0. The molecule has 0 saturated heterocycles. The van der Waals surface area contributed by atoms with Gasteiger partial charge >= 0.3 is 0 Å². The van der Waals surface area contributed by atoms with Gasteiger partial charge in [0.25, 0.3) is 11.8 Å². The van der Waals surface area contributed by atoms with E-state index < -0.39 is 20.0 Å². The molecule has 0 spiro atoms. The molecule has 0 bridgehead atoms. The molecule has 0 heterocycles. The monoisotopic (exact) mass is 838 g/mol. The van der Waals surface area contributed by atoms with Crippen LogP contribution in [-0.2, 0) is 20.0 Å². The topological polar surface area (TPSA) is 160 Å². The van der Waals surface area contributed by atoms with Gasteiger partial charge in [-0.25, -0.2) is 26.3 Å². The average Bonchev–Trinajstić information content (AvgIpc) is 3.19. The number of hydrogen-bond donors (Lipinski definition) is 4. The Bertz CT molecular complexity index is 2140. The molecule has 0 aliphatic rings. The van der Waals surface area contributed by atoms with Crippen LogP contribution >= 0.6 is 0 Å². The van der Waals surface area contributed by atoms with E-state index in [9.17, 15) is 26.4 Å². The predicted molar refractivity (Wildman–Crippen MR) is 242 cm³/mol. The van der Waals surface area contributed by atoms with E-state index in [1.807, 2.05) is 100 Å². The fourth-order valence-corrected chi connectivity index (χ4v) is 5.75. The highest BCUT2D eigenvalue weighted by Gasteiger charge is 2.10. The Balaban J connectivity index is -0.000000645. The molecule has 2 amide bonds. The number of hydrogen-bond acceptors (Lipinski definition) is 7. The Hall–Kier alpha value is -5.34. The smallest absolute Gasteiger partial charge is 0.251 e. The number of carbonyl (C=O) groups is 2. The summed E-state index contributed by atoms with van der Waals surface area (Å²) in [7, 11) is 1.19. The van der Waals surface area contributed by atoms with Crippen LogP contribution in [-0.4, -0.2) is 64.0 Å². The van der Waals surface area contributed by atoms with Gasteiger partial charge in [-0.2, -0.15) is 0 Å². The molecule has 0 fully saturated rings. The maximum absolute atomic E-state index is 11.2. The van der Waals surface area contributed by atoms with Crippen LogP contribution in [0.1, 0.15) is 70.8 Å². The van der Waals surface area contributed by atoms with Gasteiger partial charge in [0.15, 0.2) is 0 Å². The lowest BCUT2D eigenvalue weighted by molar-refractivity contribution is 0.0955. The van der Waals surface area contributed by atoms with Crippen molar-refractivity contribution in [3.05, 3.63) is 160 Å². The molecule has 0 radical (unpaired) electrons. The summed E-state index contributed by atoms with van der Waals surface area (Å²) in [5.41, 5.74) is 6.93. The van der Waals surface area contributed by atoms with Crippen molar-refractivity contribution < 1.29 is 31.2 Å². The number of ether oxygens (including phenoxy) is 1. The molecule has 5 aromatic carbocycles. The largest absolute Gasteiger partial charge is 0.497 e. The first kappa shape index (κ1) is 57.0. The molecule has 0 atom stereocenters. The second-order valence-corrected chi connectivity index (χ2v) is 15.7. The van der Waals surface area contributed by atoms with Crippen molar-refractivity contribution in [1.29, 1.82) is 0 Å². The molecule has 0 saturated carbocycles. The van der Waals surface area contributed by atoms with E-state index in [4.69, 9.17) is 4.74 Å². The summed E-state index contributed by atoms with van der Waals surface area (Å²) < 4.78 is 54.4. The highest BCUT2D eigenvalue weighted by atomic mass is 32.2.